The number of aryl methyl sites for hydroxylation is 2. The van der Waals surface area contributed by atoms with Crippen LogP contribution in [-0.2, 0) is 0 Å². The van der Waals surface area contributed by atoms with Crippen LogP contribution in [0.3, 0.4) is 0 Å². The van der Waals surface area contributed by atoms with Gasteiger partial charge in [-0.25, -0.2) is 0 Å². The molecule has 0 atom stereocenters. The first-order valence-corrected chi connectivity index (χ1v) is 3.97. The van der Waals surface area contributed by atoms with Crippen LogP contribution in [-0.4, -0.2) is 11.3 Å². The molecule has 0 saturated heterocycles. The maximum absolute atomic E-state index is 12.0. The fourth-order valence-corrected chi connectivity index (χ4v) is 1.14. The normalized spacial score (nSPS) is 10.9. The molecule has 0 N–H and O–H groups in total. The number of halogens is 3. The van der Waals surface area contributed by atoms with Crippen LogP contribution in [0.2, 0.25) is 0 Å². The first-order chi connectivity index (χ1) is 6.83. The minimum Gasteiger partial charge on any atom is -0.402 e. The van der Waals surface area contributed by atoms with Gasteiger partial charge in [0.1, 0.15) is 6.07 Å². The smallest absolute Gasteiger partial charge is 0.402 e. The Kier molecular flexibility index (Phi) is 2.84. The lowest BCUT2D eigenvalue weighted by atomic mass is 10.2. The summed E-state index contributed by atoms with van der Waals surface area (Å²) in [6, 6.07) is 2.88. The average molecular weight is 216 g/mol. The van der Waals surface area contributed by atoms with E-state index in [4.69, 9.17) is 5.26 Å². The second-order valence-electron chi connectivity index (χ2n) is 2.89. The van der Waals surface area contributed by atoms with Crippen molar-refractivity contribution < 1.29 is 17.9 Å². The van der Waals surface area contributed by atoms with Crippen molar-refractivity contribution in [1.82, 2.24) is 4.98 Å². The molecule has 1 rings (SSSR count). The Morgan fingerprint density at radius 3 is 2.47 bits per heavy atom. The van der Waals surface area contributed by atoms with Gasteiger partial charge in [0, 0.05) is 5.69 Å². The molecule has 0 radical (unpaired) electrons. The summed E-state index contributed by atoms with van der Waals surface area (Å²) in [7, 11) is 0. The van der Waals surface area contributed by atoms with Gasteiger partial charge >= 0.3 is 6.36 Å². The highest BCUT2D eigenvalue weighted by Gasteiger charge is 2.33. The van der Waals surface area contributed by atoms with Gasteiger partial charge in [-0.2, -0.15) is 5.26 Å². The first kappa shape index (κ1) is 11.3. The van der Waals surface area contributed by atoms with Gasteiger partial charge in [0.15, 0.2) is 5.75 Å². The second kappa shape index (κ2) is 3.77. The molecule has 1 heterocycles. The molecule has 0 aliphatic heterocycles. The number of aromatic nitrogens is 1. The van der Waals surface area contributed by atoms with Crippen molar-refractivity contribution in [2.24, 2.45) is 0 Å². The summed E-state index contributed by atoms with van der Waals surface area (Å²) in [5.41, 5.74) is 0.347. The Hall–Kier alpha value is -1.77. The van der Waals surface area contributed by atoms with Crippen LogP contribution < -0.4 is 4.74 Å². The third-order valence-electron chi connectivity index (χ3n) is 1.61. The number of nitrogens with zero attached hydrogens (tertiary/aromatic N) is 2. The van der Waals surface area contributed by atoms with E-state index in [1.807, 2.05) is 0 Å². The minimum absolute atomic E-state index is 0.0453. The van der Waals surface area contributed by atoms with Crippen molar-refractivity contribution >= 4 is 0 Å². The third kappa shape index (κ3) is 2.84. The van der Waals surface area contributed by atoms with E-state index < -0.39 is 12.1 Å². The topological polar surface area (TPSA) is 45.9 Å². The van der Waals surface area contributed by atoms with Crippen LogP contribution in [0.1, 0.15) is 17.0 Å². The molecule has 0 saturated carbocycles. The number of rotatable bonds is 1. The molecule has 6 heteroatoms. The fourth-order valence-electron chi connectivity index (χ4n) is 1.14. The van der Waals surface area contributed by atoms with E-state index in [1.165, 1.54) is 13.0 Å². The van der Waals surface area contributed by atoms with Gasteiger partial charge in [-0.15, -0.1) is 13.2 Å². The zero-order valence-electron chi connectivity index (χ0n) is 8.01. The van der Waals surface area contributed by atoms with E-state index in [0.717, 1.165) is 0 Å². The molecule has 1 aromatic heterocycles. The van der Waals surface area contributed by atoms with Crippen molar-refractivity contribution in [1.29, 1.82) is 5.26 Å². The Bertz CT molecular complexity index is 421. The molecular formula is C9H7F3N2O. The zero-order valence-corrected chi connectivity index (χ0v) is 8.01. The second-order valence-corrected chi connectivity index (χ2v) is 2.89. The predicted octanol–water partition coefficient (Wildman–Crippen LogP) is 2.47. The fraction of sp³-hybridized carbons (Fsp3) is 0.333. The molecule has 80 valence electrons. The quantitative estimate of drug-likeness (QED) is 0.724. The highest BCUT2D eigenvalue weighted by Crippen LogP contribution is 2.28. The van der Waals surface area contributed by atoms with E-state index in [9.17, 15) is 13.2 Å². The van der Waals surface area contributed by atoms with Crippen LogP contribution in [0, 0.1) is 25.2 Å². The highest BCUT2D eigenvalue weighted by atomic mass is 19.4. The number of hydrogen-bond donors (Lipinski definition) is 0. The van der Waals surface area contributed by atoms with Gasteiger partial charge in [-0.1, -0.05) is 0 Å². The van der Waals surface area contributed by atoms with Crippen molar-refractivity contribution in [3.8, 4) is 11.8 Å². The third-order valence-corrected chi connectivity index (χ3v) is 1.61. The Morgan fingerprint density at radius 1 is 1.40 bits per heavy atom. The molecule has 0 bridgehead atoms. The molecule has 0 aromatic carbocycles. The first-order valence-electron chi connectivity index (χ1n) is 3.97. The summed E-state index contributed by atoms with van der Waals surface area (Å²) < 4.78 is 39.7. The lowest BCUT2D eigenvalue weighted by molar-refractivity contribution is -0.275. The summed E-state index contributed by atoms with van der Waals surface area (Å²) >= 11 is 0. The monoisotopic (exact) mass is 216 g/mol. The Morgan fingerprint density at radius 2 is 2.00 bits per heavy atom. The van der Waals surface area contributed by atoms with Gasteiger partial charge in [-0.05, 0) is 19.9 Å². The number of alkyl halides is 3. The summed E-state index contributed by atoms with van der Waals surface area (Å²) in [6.07, 6.45) is -4.81. The van der Waals surface area contributed by atoms with Gasteiger partial charge in [0.05, 0.1) is 11.3 Å². The van der Waals surface area contributed by atoms with Crippen LogP contribution in [0.5, 0.6) is 5.75 Å². The zero-order chi connectivity index (χ0) is 11.6. The van der Waals surface area contributed by atoms with Crippen LogP contribution in [0.15, 0.2) is 6.07 Å². The summed E-state index contributed by atoms with van der Waals surface area (Å²) in [5, 5.41) is 8.64. The molecule has 15 heavy (non-hydrogen) atoms. The summed E-state index contributed by atoms with van der Waals surface area (Å²) in [4.78, 5) is 3.79. The molecule has 0 fully saturated rings. The van der Waals surface area contributed by atoms with Crippen molar-refractivity contribution in [3.05, 3.63) is 23.0 Å². The largest absolute Gasteiger partial charge is 0.573 e. The lowest BCUT2D eigenvalue weighted by Gasteiger charge is -2.12. The number of ether oxygens (including phenoxy) is 1. The molecule has 0 spiro atoms. The number of nitriles is 1. The maximum Gasteiger partial charge on any atom is 0.573 e. The highest BCUT2D eigenvalue weighted by molar-refractivity contribution is 5.46. The molecule has 0 aliphatic carbocycles. The van der Waals surface area contributed by atoms with E-state index in [2.05, 4.69) is 9.72 Å². The standard InChI is InChI=1S/C9H7F3N2O/c1-5-3-7(4-13)8(6(2)14-5)15-9(10,11)12/h3H,1-2H3. The van der Waals surface area contributed by atoms with E-state index in [1.54, 1.807) is 13.0 Å². The Balaban J connectivity index is 3.23. The molecule has 1 aromatic rings. The molecule has 0 amide bonds. The predicted molar refractivity (Wildman–Crippen MR) is 45.1 cm³/mol. The van der Waals surface area contributed by atoms with Crippen molar-refractivity contribution in [2.75, 3.05) is 0 Å². The molecular weight excluding hydrogens is 209 g/mol. The van der Waals surface area contributed by atoms with E-state index in [0.29, 0.717) is 5.69 Å². The Labute approximate surface area is 84.1 Å². The van der Waals surface area contributed by atoms with Gasteiger partial charge in [-0.3, -0.25) is 4.98 Å². The van der Waals surface area contributed by atoms with Crippen LogP contribution >= 0.6 is 0 Å². The van der Waals surface area contributed by atoms with Gasteiger partial charge in [0.2, 0.25) is 0 Å². The lowest BCUT2D eigenvalue weighted by Crippen LogP contribution is -2.19. The van der Waals surface area contributed by atoms with E-state index in [-0.39, 0.29) is 11.3 Å². The molecule has 0 aliphatic rings. The van der Waals surface area contributed by atoms with Gasteiger partial charge < -0.3 is 4.74 Å². The average Bonchev–Trinajstić information content (AvgIpc) is 2.07. The molecule has 0 unspecified atom stereocenters. The van der Waals surface area contributed by atoms with Gasteiger partial charge in [0.25, 0.3) is 0 Å². The van der Waals surface area contributed by atoms with Crippen LogP contribution in [0.25, 0.3) is 0 Å². The van der Waals surface area contributed by atoms with E-state index >= 15 is 0 Å². The SMILES string of the molecule is Cc1cc(C#N)c(OC(F)(F)F)c(C)n1. The number of hydrogen-bond acceptors (Lipinski definition) is 3. The maximum atomic E-state index is 12.0. The van der Waals surface area contributed by atoms with Crippen molar-refractivity contribution in [3.63, 3.8) is 0 Å². The summed E-state index contributed by atoms with van der Waals surface area (Å²) in [5.74, 6) is -0.532. The minimum atomic E-state index is -4.81. The van der Waals surface area contributed by atoms with Crippen molar-refractivity contribution in [2.45, 2.75) is 20.2 Å². The number of pyridine rings is 1. The molecule has 3 nitrogen and oxygen atoms in total. The summed E-state index contributed by atoms with van der Waals surface area (Å²) in [6.45, 7) is 2.94. The van der Waals surface area contributed by atoms with Crippen LogP contribution in [0.4, 0.5) is 13.2 Å².